The molecule has 29 heavy (non-hydrogen) atoms. The van der Waals surface area contributed by atoms with E-state index in [0.29, 0.717) is 28.9 Å². The van der Waals surface area contributed by atoms with Crippen molar-refractivity contribution in [3.05, 3.63) is 65.3 Å². The highest BCUT2D eigenvalue weighted by Gasteiger charge is 2.17. The molecule has 1 N–H and O–H groups in total. The Labute approximate surface area is 177 Å². The maximum absolute atomic E-state index is 12.8. The molecule has 0 bridgehead atoms. The normalized spacial score (nSPS) is 11.2. The van der Waals surface area contributed by atoms with Gasteiger partial charge in [-0.2, -0.15) is 0 Å². The Morgan fingerprint density at radius 1 is 1.17 bits per heavy atom. The lowest BCUT2D eigenvalue weighted by atomic mass is 10.1. The molecule has 4 rings (SSSR count). The fraction of sp³-hybridized carbons (Fsp3) is 0.190. The molecule has 0 spiro atoms. The minimum Gasteiger partial charge on any atom is -0.383 e. The van der Waals surface area contributed by atoms with Crippen LogP contribution in [0.3, 0.4) is 0 Å². The van der Waals surface area contributed by atoms with E-state index in [1.807, 2.05) is 53.1 Å². The largest absolute Gasteiger partial charge is 0.383 e. The third-order valence-electron chi connectivity index (χ3n) is 4.56. The topological polar surface area (TPSA) is 72.8 Å². The minimum atomic E-state index is 0.0433. The Hall–Kier alpha value is -2.61. The monoisotopic (exact) mass is 426 g/mol. The van der Waals surface area contributed by atoms with Crippen molar-refractivity contribution in [3.8, 4) is 11.4 Å². The van der Waals surface area contributed by atoms with Gasteiger partial charge in [-0.15, -0.1) is 10.2 Å². The van der Waals surface area contributed by atoms with Gasteiger partial charge < -0.3 is 9.72 Å². The van der Waals surface area contributed by atoms with Crippen LogP contribution in [0.5, 0.6) is 0 Å². The highest BCUT2D eigenvalue weighted by atomic mass is 35.5. The number of ketones is 1. The standard InChI is InChI=1S/C21H19ClN4O2S/c1-28-11-10-26-20(14-6-8-15(22)9-7-14)24-25-21(26)29-13-19(27)17-12-23-18-5-3-2-4-16(17)18/h2-9,12,23H,10-11,13H2,1H3. The number of H-pyrrole nitrogens is 1. The molecule has 148 valence electrons. The number of Topliss-reactive ketones (excluding diaryl/α,β-unsaturated/α-hetero) is 1. The lowest BCUT2D eigenvalue weighted by Crippen LogP contribution is -2.09. The number of rotatable bonds is 8. The predicted molar refractivity (Wildman–Crippen MR) is 116 cm³/mol. The number of methoxy groups -OCH3 is 1. The van der Waals surface area contributed by atoms with Crippen molar-refractivity contribution in [2.75, 3.05) is 19.5 Å². The van der Waals surface area contributed by atoms with E-state index in [9.17, 15) is 4.79 Å². The summed E-state index contributed by atoms with van der Waals surface area (Å²) in [4.78, 5) is 15.9. The Balaban J connectivity index is 1.56. The summed E-state index contributed by atoms with van der Waals surface area (Å²) in [6.07, 6.45) is 1.77. The predicted octanol–water partition coefficient (Wildman–Crippen LogP) is 4.70. The van der Waals surface area contributed by atoms with Crippen molar-refractivity contribution in [1.29, 1.82) is 0 Å². The number of nitrogens with zero attached hydrogens (tertiary/aromatic N) is 3. The molecule has 0 saturated carbocycles. The summed E-state index contributed by atoms with van der Waals surface area (Å²) in [5, 5.41) is 10.9. The maximum atomic E-state index is 12.8. The molecule has 0 aliphatic carbocycles. The second kappa shape index (κ2) is 8.82. The van der Waals surface area contributed by atoms with Crippen LogP contribution in [0.4, 0.5) is 0 Å². The fourth-order valence-electron chi connectivity index (χ4n) is 3.10. The first-order chi connectivity index (χ1) is 14.2. The molecule has 0 fully saturated rings. The van der Waals surface area contributed by atoms with E-state index >= 15 is 0 Å². The van der Waals surface area contributed by atoms with Gasteiger partial charge in [0.2, 0.25) is 0 Å². The molecule has 0 amide bonds. The van der Waals surface area contributed by atoms with Crippen LogP contribution in [-0.4, -0.2) is 45.0 Å². The van der Waals surface area contributed by atoms with E-state index in [0.717, 1.165) is 22.3 Å². The average molecular weight is 427 g/mol. The van der Waals surface area contributed by atoms with Crippen LogP contribution in [-0.2, 0) is 11.3 Å². The molecule has 0 aliphatic heterocycles. The Kier molecular flexibility index (Phi) is 5.99. The van der Waals surface area contributed by atoms with E-state index in [1.54, 1.807) is 13.3 Å². The molecule has 0 atom stereocenters. The van der Waals surface area contributed by atoms with Crippen LogP contribution in [0.25, 0.3) is 22.3 Å². The molecule has 0 saturated heterocycles. The number of fused-ring (bicyclic) bond motifs is 1. The second-order valence-electron chi connectivity index (χ2n) is 6.42. The van der Waals surface area contributed by atoms with Crippen LogP contribution >= 0.6 is 23.4 Å². The Morgan fingerprint density at radius 2 is 1.97 bits per heavy atom. The number of ether oxygens (including phenoxy) is 1. The van der Waals surface area contributed by atoms with Crippen LogP contribution in [0.15, 0.2) is 59.9 Å². The lowest BCUT2D eigenvalue weighted by Gasteiger charge is -2.09. The van der Waals surface area contributed by atoms with Crippen LogP contribution in [0.1, 0.15) is 10.4 Å². The summed E-state index contributed by atoms with van der Waals surface area (Å²) in [6.45, 7) is 1.10. The van der Waals surface area contributed by atoms with Gasteiger partial charge in [0, 0.05) is 40.4 Å². The fourth-order valence-corrected chi connectivity index (χ4v) is 4.08. The molecule has 2 aromatic carbocycles. The summed E-state index contributed by atoms with van der Waals surface area (Å²) in [5.74, 6) is 1.04. The van der Waals surface area contributed by atoms with E-state index in [2.05, 4.69) is 15.2 Å². The zero-order valence-electron chi connectivity index (χ0n) is 15.8. The number of nitrogens with one attached hydrogen (secondary N) is 1. The van der Waals surface area contributed by atoms with Crippen molar-refractivity contribution in [1.82, 2.24) is 19.7 Å². The SMILES string of the molecule is COCCn1c(SCC(=O)c2c[nH]c3ccccc23)nnc1-c1ccc(Cl)cc1. The average Bonchev–Trinajstić information content (AvgIpc) is 3.35. The molecule has 2 heterocycles. The summed E-state index contributed by atoms with van der Waals surface area (Å²) in [5.41, 5.74) is 2.55. The zero-order valence-corrected chi connectivity index (χ0v) is 17.3. The number of para-hydroxylation sites is 1. The molecule has 8 heteroatoms. The first-order valence-electron chi connectivity index (χ1n) is 9.07. The number of halogens is 1. The van der Waals surface area contributed by atoms with Gasteiger partial charge in [0.15, 0.2) is 16.8 Å². The Bertz CT molecular complexity index is 1140. The molecular formula is C21H19ClN4O2S. The number of thioether (sulfide) groups is 1. The molecule has 6 nitrogen and oxygen atoms in total. The summed E-state index contributed by atoms with van der Waals surface area (Å²) in [6, 6.07) is 15.2. The van der Waals surface area contributed by atoms with Crippen LogP contribution in [0, 0.1) is 0 Å². The van der Waals surface area contributed by atoms with E-state index in [1.165, 1.54) is 11.8 Å². The quantitative estimate of drug-likeness (QED) is 0.326. The molecular weight excluding hydrogens is 408 g/mol. The number of aromatic nitrogens is 4. The van der Waals surface area contributed by atoms with E-state index in [4.69, 9.17) is 16.3 Å². The molecule has 0 aliphatic rings. The van der Waals surface area contributed by atoms with Crippen LogP contribution in [0.2, 0.25) is 5.02 Å². The highest BCUT2D eigenvalue weighted by molar-refractivity contribution is 7.99. The first kappa shape index (κ1) is 19.7. The molecule has 0 unspecified atom stereocenters. The number of hydrogen-bond donors (Lipinski definition) is 1. The smallest absolute Gasteiger partial charge is 0.192 e. The number of hydrogen-bond acceptors (Lipinski definition) is 5. The molecule has 2 aromatic heterocycles. The lowest BCUT2D eigenvalue weighted by molar-refractivity contribution is 0.102. The van der Waals surface area contributed by atoms with Crippen molar-refractivity contribution in [3.63, 3.8) is 0 Å². The van der Waals surface area contributed by atoms with Gasteiger partial charge in [0.05, 0.1) is 18.9 Å². The van der Waals surface area contributed by atoms with Gasteiger partial charge >= 0.3 is 0 Å². The number of carbonyl (C=O) groups excluding carboxylic acids is 1. The number of carbonyl (C=O) groups is 1. The van der Waals surface area contributed by atoms with Gasteiger partial charge in [-0.1, -0.05) is 41.6 Å². The van der Waals surface area contributed by atoms with Gasteiger partial charge in [0.1, 0.15) is 0 Å². The van der Waals surface area contributed by atoms with E-state index in [-0.39, 0.29) is 11.5 Å². The minimum absolute atomic E-state index is 0.0433. The van der Waals surface area contributed by atoms with Gasteiger partial charge in [-0.05, 0) is 30.3 Å². The van der Waals surface area contributed by atoms with Gasteiger partial charge in [-0.25, -0.2) is 0 Å². The van der Waals surface area contributed by atoms with Gasteiger partial charge in [0.25, 0.3) is 0 Å². The summed E-state index contributed by atoms with van der Waals surface area (Å²) >= 11 is 7.37. The Morgan fingerprint density at radius 3 is 2.76 bits per heavy atom. The van der Waals surface area contributed by atoms with Crippen molar-refractivity contribution >= 4 is 40.0 Å². The third kappa shape index (κ3) is 4.22. The first-order valence-corrected chi connectivity index (χ1v) is 10.4. The summed E-state index contributed by atoms with van der Waals surface area (Å²) in [7, 11) is 1.65. The third-order valence-corrected chi connectivity index (χ3v) is 5.78. The van der Waals surface area contributed by atoms with Crippen molar-refractivity contribution in [2.24, 2.45) is 0 Å². The zero-order chi connectivity index (χ0) is 20.2. The van der Waals surface area contributed by atoms with Crippen LogP contribution < -0.4 is 0 Å². The van der Waals surface area contributed by atoms with Gasteiger partial charge in [-0.3, -0.25) is 9.36 Å². The number of aromatic amines is 1. The van der Waals surface area contributed by atoms with Crippen molar-refractivity contribution < 1.29 is 9.53 Å². The number of benzene rings is 2. The highest BCUT2D eigenvalue weighted by Crippen LogP contribution is 2.27. The van der Waals surface area contributed by atoms with E-state index < -0.39 is 0 Å². The maximum Gasteiger partial charge on any atom is 0.192 e. The van der Waals surface area contributed by atoms with Crippen molar-refractivity contribution in [2.45, 2.75) is 11.7 Å². The second-order valence-corrected chi connectivity index (χ2v) is 7.80. The molecule has 4 aromatic rings. The molecule has 0 radical (unpaired) electrons. The summed E-state index contributed by atoms with van der Waals surface area (Å²) < 4.78 is 7.21.